The van der Waals surface area contributed by atoms with Crippen molar-refractivity contribution in [3.63, 3.8) is 0 Å². The van der Waals surface area contributed by atoms with Gasteiger partial charge in [-0.15, -0.1) is 0 Å². The maximum atomic E-state index is 12.9. The number of carbonyl (C=O) groups is 1. The summed E-state index contributed by atoms with van der Waals surface area (Å²) >= 11 is 6.33. The van der Waals surface area contributed by atoms with Crippen molar-refractivity contribution in [2.75, 3.05) is 26.2 Å². The first kappa shape index (κ1) is 21.4. The molecule has 1 N–H and O–H groups in total. The summed E-state index contributed by atoms with van der Waals surface area (Å²) in [4.78, 5) is 17.8. The Hall–Kier alpha value is -1.88. The number of hydrogen-bond acceptors (Lipinski definition) is 3. The Balaban J connectivity index is 1.31. The Labute approximate surface area is 185 Å². The van der Waals surface area contributed by atoms with Crippen LogP contribution >= 0.6 is 11.6 Å². The third-order valence-electron chi connectivity index (χ3n) is 6.39. The van der Waals surface area contributed by atoms with Crippen LogP contribution < -0.4 is 5.32 Å². The van der Waals surface area contributed by atoms with Crippen molar-refractivity contribution in [1.82, 2.24) is 15.1 Å². The van der Waals surface area contributed by atoms with Gasteiger partial charge >= 0.3 is 0 Å². The molecule has 4 rings (SSSR count). The van der Waals surface area contributed by atoms with Crippen LogP contribution in [0, 0.1) is 5.92 Å². The van der Waals surface area contributed by atoms with Crippen LogP contribution in [0.5, 0.6) is 0 Å². The van der Waals surface area contributed by atoms with Crippen LogP contribution in [0.15, 0.2) is 48.5 Å². The molecule has 2 aliphatic rings. The van der Waals surface area contributed by atoms with Gasteiger partial charge < -0.3 is 5.32 Å². The van der Waals surface area contributed by atoms with E-state index >= 15 is 0 Å². The van der Waals surface area contributed by atoms with Crippen molar-refractivity contribution >= 4 is 17.5 Å². The maximum absolute atomic E-state index is 12.9. The quantitative estimate of drug-likeness (QED) is 0.711. The highest BCUT2D eigenvalue weighted by molar-refractivity contribution is 6.31. The van der Waals surface area contributed by atoms with Crippen molar-refractivity contribution < 1.29 is 4.79 Å². The van der Waals surface area contributed by atoms with Gasteiger partial charge in [0, 0.05) is 31.2 Å². The highest BCUT2D eigenvalue weighted by atomic mass is 35.5. The lowest BCUT2D eigenvalue weighted by Crippen LogP contribution is -2.42. The number of halogens is 1. The molecule has 2 aliphatic heterocycles. The van der Waals surface area contributed by atoms with E-state index in [1.54, 1.807) is 0 Å². The number of nitrogens with zero attached hydrogens (tertiary/aromatic N) is 2. The fourth-order valence-corrected chi connectivity index (χ4v) is 4.87. The second-order valence-corrected chi connectivity index (χ2v) is 9.04. The summed E-state index contributed by atoms with van der Waals surface area (Å²) in [5.74, 6) is 0.224. The molecule has 30 heavy (non-hydrogen) atoms. The second kappa shape index (κ2) is 10.4. The van der Waals surface area contributed by atoms with Gasteiger partial charge in [-0.3, -0.25) is 14.6 Å². The summed E-state index contributed by atoms with van der Waals surface area (Å²) in [5.41, 5.74) is 3.71. The molecule has 2 aromatic carbocycles. The molecule has 2 heterocycles. The Bertz CT molecular complexity index is 850. The highest BCUT2D eigenvalue weighted by Crippen LogP contribution is 2.23. The average molecular weight is 426 g/mol. The van der Waals surface area contributed by atoms with Gasteiger partial charge in [0.05, 0.1) is 5.92 Å². The molecular weight excluding hydrogens is 394 g/mol. The SMILES string of the molecule is O=C(NCc1ccccc1CN1CCCC1)[C@H]1CCCN(Cc2ccccc2Cl)C1. The van der Waals surface area contributed by atoms with Crippen LogP contribution in [0.4, 0.5) is 0 Å². The number of benzene rings is 2. The Morgan fingerprint density at radius 3 is 2.27 bits per heavy atom. The lowest BCUT2D eigenvalue weighted by Gasteiger charge is -2.32. The Morgan fingerprint density at radius 1 is 0.867 bits per heavy atom. The smallest absolute Gasteiger partial charge is 0.224 e. The molecule has 4 nitrogen and oxygen atoms in total. The fourth-order valence-electron chi connectivity index (χ4n) is 4.67. The average Bonchev–Trinajstić information content (AvgIpc) is 3.28. The van der Waals surface area contributed by atoms with Gasteiger partial charge in [0.15, 0.2) is 0 Å². The van der Waals surface area contributed by atoms with Crippen molar-refractivity contribution in [3.05, 3.63) is 70.2 Å². The summed E-state index contributed by atoms with van der Waals surface area (Å²) in [5, 5.41) is 4.02. The van der Waals surface area contributed by atoms with Gasteiger partial charge in [-0.2, -0.15) is 0 Å². The molecule has 1 atom stereocenters. The number of likely N-dealkylation sites (tertiary alicyclic amines) is 2. The minimum atomic E-state index is 0.0481. The maximum Gasteiger partial charge on any atom is 0.224 e. The molecule has 0 saturated carbocycles. The second-order valence-electron chi connectivity index (χ2n) is 8.64. The zero-order valence-electron chi connectivity index (χ0n) is 17.7. The van der Waals surface area contributed by atoms with E-state index in [1.165, 1.54) is 37.1 Å². The molecule has 5 heteroatoms. The van der Waals surface area contributed by atoms with Gasteiger partial charge in [0.25, 0.3) is 0 Å². The summed E-state index contributed by atoms with van der Waals surface area (Å²) in [6, 6.07) is 16.5. The molecule has 0 unspecified atom stereocenters. The Morgan fingerprint density at radius 2 is 1.50 bits per heavy atom. The number of amides is 1. The van der Waals surface area contributed by atoms with Gasteiger partial charge in [0.2, 0.25) is 5.91 Å². The number of carbonyl (C=O) groups excluding carboxylic acids is 1. The van der Waals surface area contributed by atoms with Crippen LogP contribution in [-0.2, 0) is 24.4 Å². The third-order valence-corrected chi connectivity index (χ3v) is 6.76. The van der Waals surface area contributed by atoms with Gasteiger partial charge in [0.1, 0.15) is 0 Å². The zero-order chi connectivity index (χ0) is 20.8. The van der Waals surface area contributed by atoms with Crippen molar-refractivity contribution in [2.24, 2.45) is 5.92 Å². The molecule has 2 saturated heterocycles. The zero-order valence-corrected chi connectivity index (χ0v) is 18.4. The van der Waals surface area contributed by atoms with E-state index < -0.39 is 0 Å². The van der Waals surface area contributed by atoms with E-state index in [4.69, 9.17) is 11.6 Å². The van der Waals surface area contributed by atoms with Crippen molar-refractivity contribution in [3.8, 4) is 0 Å². The summed E-state index contributed by atoms with van der Waals surface area (Å²) in [7, 11) is 0. The monoisotopic (exact) mass is 425 g/mol. The number of hydrogen-bond donors (Lipinski definition) is 1. The minimum absolute atomic E-state index is 0.0481. The van der Waals surface area contributed by atoms with E-state index in [9.17, 15) is 4.79 Å². The predicted octanol–water partition coefficient (Wildman–Crippen LogP) is 4.46. The lowest BCUT2D eigenvalue weighted by molar-refractivity contribution is -0.126. The molecule has 0 aliphatic carbocycles. The predicted molar refractivity (Wildman–Crippen MR) is 122 cm³/mol. The van der Waals surface area contributed by atoms with Gasteiger partial charge in [-0.25, -0.2) is 0 Å². The van der Waals surface area contributed by atoms with Gasteiger partial charge in [-0.1, -0.05) is 54.1 Å². The van der Waals surface area contributed by atoms with E-state index in [-0.39, 0.29) is 11.8 Å². The van der Waals surface area contributed by atoms with E-state index in [2.05, 4.69) is 45.4 Å². The number of piperidine rings is 1. The first-order valence-electron chi connectivity index (χ1n) is 11.2. The van der Waals surface area contributed by atoms with Crippen LogP contribution in [0.1, 0.15) is 42.4 Å². The summed E-state index contributed by atoms with van der Waals surface area (Å²) in [6.07, 6.45) is 4.60. The van der Waals surface area contributed by atoms with Crippen LogP contribution in [0.25, 0.3) is 0 Å². The standard InChI is InChI=1S/C25H32ClN3O/c26-24-12-4-3-10-22(24)18-29-15-7-11-23(19-29)25(30)27-16-20-8-1-2-9-21(20)17-28-13-5-6-14-28/h1-4,8-10,12,23H,5-7,11,13-19H2,(H,27,30)/t23-/m0/s1. The normalized spacial score (nSPS) is 20.4. The summed E-state index contributed by atoms with van der Waals surface area (Å²) < 4.78 is 0. The first-order valence-corrected chi connectivity index (χ1v) is 11.6. The van der Waals surface area contributed by atoms with Gasteiger partial charge in [-0.05, 0) is 68.1 Å². The lowest BCUT2D eigenvalue weighted by atomic mass is 9.96. The third kappa shape index (κ3) is 5.63. The van der Waals surface area contributed by atoms with E-state index in [0.717, 1.165) is 49.6 Å². The molecule has 1 amide bonds. The molecule has 0 aromatic heterocycles. The van der Waals surface area contributed by atoms with Crippen LogP contribution in [0.3, 0.4) is 0 Å². The van der Waals surface area contributed by atoms with Crippen molar-refractivity contribution in [2.45, 2.75) is 45.3 Å². The number of rotatable bonds is 7. The molecule has 0 radical (unpaired) electrons. The number of nitrogens with one attached hydrogen (secondary N) is 1. The highest BCUT2D eigenvalue weighted by Gasteiger charge is 2.26. The topological polar surface area (TPSA) is 35.6 Å². The molecule has 0 bridgehead atoms. The Kier molecular flexibility index (Phi) is 7.42. The van der Waals surface area contributed by atoms with Crippen LogP contribution in [0.2, 0.25) is 5.02 Å². The molecular formula is C25H32ClN3O. The molecule has 160 valence electrons. The van der Waals surface area contributed by atoms with Crippen LogP contribution in [-0.4, -0.2) is 41.9 Å². The molecule has 2 fully saturated rings. The molecule has 0 spiro atoms. The first-order chi connectivity index (χ1) is 14.7. The fraction of sp³-hybridized carbons (Fsp3) is 0.480. The summed E-state index contributed by atoms with van der Waals surface area (Å²) in [6.45, 7) is 6.60. The van der Waals surface area contributed by atoms with E-state index in [1.807, 2.05) is 18.2 Å². The van der Waals surface area contributed by atoms with E-state index in [0.29, 0.717) is 6.54 Å². The minimum Gasteiger partial charge on any atom is -0.352 e. The largest absolute Gasteiger partial charge is 0.352 e. The van der Waals surface area contributed by atoms with Crippen molar-refractivity contribution in [1.29, 1.82) is 0 Å². The molecule has 2 aromatic rings.